The zero-order valence-electron chi connectivity index (χ0n) is 17.7. The van der Waals surface area contributed by atoms with Gasteiger partial charge in [0.05, 0.1) is 23.2 Å². The molecule has 0 saturated carbocycles. The van der Waals surface area contributed by atoms with Gasteiger partial charge in [-0.2, -0.15) is 8.42 Å². The van der Waals surface area contributed by atoms with Crippen molar-refractivity contribution in [3.8, 4) is 11.5 Å². The first kappa shape index (κ1) is 21.4. The van der Waals surface area contributed by atoms with E-state index in [-0.39, 0.29) is 24.4 Å². The van der Waals surface area contributed by atoms with Gasteiger partial charge in [0.25, 0.3) is 10.1 Å². The molecule has 2 aliphatic heterocycles. The average Bonchev–Trinajstić information content (AvgIpc) is 2.77. The highest BCUT2D eigenvalue weighted by Crippen LogP contribution is 2.48. The third-order valence-electron chi connectivity index (χ3n) is 5.71. The molecule has 2 aromatic carbocycles. The van der Waals surface area contributed by atoms with Crippen LogP contribution in [0.1, 0.15) is 26.7 Å². The minimum absolute atomic E-state index is 0.205. The summed E-state index contributed by atoms with van der Waals surface area (Å²) in [6, 6.07) is 15.1. The van der Waals surface area contributed by atoms with Gasteiger partial charge in [0, 0.05) is 18.5 Å². The largest absolute Gasteiger partial charge is 0.453 e. The third-order valence-corrected chi connectivity index (χ3v) is 6.47. The first-order valence-corrected chi connectivity index (χ1v) is 12.1. The highest BCUT2D eigenvalue weighted by molar-refractivity contribution is 7.85. The molecule has 0 fully saturated rings. The molecule has 0 amide bonds. The Morgan fingerprint density at radius 3 is 2.23 bits per heavy atom. The number of benzene rings is 2. The first-order valence-electron chi connectivity index (χ1n) is 10.5. The fraction of sp³-hybridized carbons (Fsp3) is 0.348. The molecule has 0 saturated heterocycles. The number of hydrogen-bond donors (Lipinski definition) is 1. The third kappa shape index (κ3) is 4.31. The zero-order chi connectivity index (χ0) is 22.0. The monoisotopic (exact) mass is 441 g/mol. The van der Waals surface area contributed by atoms with E-state index in [9.17, 15) is 13.0 Å². The Kier molecular flexibility index (Phi) is 6.02. The number of anilines is 2. The maximum atomic E-state index is 11.7. The second-order valence-electron chi connectivity index (χ2n) is 7.56. The lowest BCUT2D eigenvalue weighted by Crippen LogP contribution is -2.51. The summed E-state index contributed by atoms with van der Waals surface area (Å²) in [5.74, 6) is 1.05. The molecule has 2 heterocycles. The Morgan fingerprint density at radius 2 is 1.68 bits per heavy atom. The lowest BCUT2D eigenvalue weighted by Gasteiger charge is -2.45. The van der Waals surface area contributed by atoms with Crippen LogP contribution in [0.25, 0.3) is 0 Å². The van der Waals surface area contributed by atoms with Crippen molar-refractivity contribution in [1.29, 1.82) is 0 Å². The van der Waals surface area contributed by atoms with E-state index < -0.39 is 10.1 Å². The summed E-state index contributed by atoms with van der Waals surface area (Å²) in [4.78, 5) is 9.08. The molecule has 31 heavy (non-hydrogen) atoms. The Labute approximate surface area is 183 Å². The van der Waals surface area contributed by atoms with E-state index in [2.05, 4.69) is 23.6 Å². The highest BCUT2D eigenvalue weighted by atomic mass is 32.2. The smallest absolute Gasteiger partial charge is 0.264 e. The van der Waals surface area contributed by atoms with E-state index in [0.29, 0.717) is 11.5 Å². The molecule has 2 aliphatic rings. The summed E-state index contributed by atoms with van der Waals surface area (Å²) in [6.45, 7) is 4.90. The molecule has 2 atom stereocenters. The van der Waals surface area contributed by atoms with E-state index in [1.807, 2.05) is 54.6 Å². The molecule has 0 bridgehead atoms. The second kappa shape index (κ2) is 8.72. The van der Waals surface area contributed by atoms with E-state index in [1.165, 1.54) is 0 Å². The summed E-state index contributed by atoms with van der Waals surface area (Å²) >= 11 is 0. The van der Waals surface area contributed by atoms with Crippen molar-refractivity contribution >= 4 is 27.7 Å². The van der Waals surface area contributed by atoms with Gasteiger partial charge in [-0.3, -0.25) is 9.55 Å². The van der Waals surface area contributed by atoms with Crippen molar-refractivity contribution in [3.05, 3.63) is 60.3 Å². The number of fused-ring (bicyclic) bond motifs is 2. The number of para-hydroxylation sites is 4. The van der Waals surface area contributed by atoms with Crippen LogP contribution < -0.4 is 9.64 Å². The molecular weight excluding hydrogens is 414 g/mol. The number of ether oxygens (including phenoxy) is 1. The molecule has 1 N–H and O–H groups in total. The van der Waals surface area contributed by atoms with Gasteiger partial charge in [-0.15, -0.1) is 0 Å². The molecule has 7 nitrogen and oxygen atoms in total. The molecule has 4 rings (SSSR count). The maximum absolute atomic E-state index is 11.7. The summed E-state index contributed by atoms with van der Waals surface area (Å²) in [6.07, 6.45) is 4.54. The van der Waals surface area contributed by atoms with Gasteiger partial charge >= 0.3 is 0 Å². The number of hydrogen-bond acceptors (Lipinski definition) is 6. The van der Waals surface area contributed by atoms with Crippen LogP contribution in [0.2, 0.25) is 0 Å². The lowest BCUT2D eigenvalue weighted by atomic mass is 10.0. The summed E-state index contributed by atoms with van der Waals surface area (Å²) in [7, 11) is -4.14. The predicted molar refractivity (Wildman–Crippen MR) is 123 cm³/mol. The Morgan fingerprint density at radius 1 is 1.06 bits per heavy atom. The predicted octanol–water partition coefficient (Wildman–Crippen LogP) is 4.60. The molecule has 2 aromatic rings. The SMILES string of the molecule is CCC1=CC=NC(C(CCS(=O)(=O)O)N2c3ccccc3Oc3ccccc32)N1CC. The number of allylic oxidation sites excluding steroid dienone is 2. The molecule has 8 heteroatoms. The maximum Gasteiger partial charge on any atom is 0.264 e. The number of nitrogens with zero attached hydrogens (tertiary/aromatic N) is 3. The van der Waals surface area contributed by atoms with Gasteiger partial charge in [-0.05, 0) is 50.1 Å². The minimum atomic E-state index is -4.14. The topological polar surface area (TPSA) is 82.4 Å². The molecule has 2 unspecified atom stereocenters. The van der Waals surface area contributed by atoms with Crippen LogP contribution in [0.4, 0.5) is 11.4 Å². The lowest BCUT2D eigenvalue weighted by molar-refractivity contribution is 0.223. The standard InChI is InChI=1S/C23H27N3O4S/c1-3-17-13-15-24-23(25(17)4-2)20(14-16-31(27,28)29)26-18-9-5-7-11-21(18)30-22-12-8-6-10-19(22)26/h5-13,15,20,23H,3-4,14,16H2,1-2H3,(H,27,28,29). The first-order chi connectivity index (χ1) is 14.9. The van der Waals surface area contributed by atoms with E-state index in [1.54, 1.807) is 6.21 Å². The van der Waals surface area contributed by atoms with Crippen molar-refractivity contribution in [3.63, 3.8) is 0 Å². The van der Waals surface area contributed by atoms with Crippen molar-refractivity contribution in [2.24, 2.45) is 4.99 Å². The van der Waals surface area contributed by atoms with Crippen molar-refractivity contribution in [2.75, 3.05) is 17.2 Å². The Balaban J connectivity index is 1.85. The van der Waals surface area contributed by atoms with Crippen molar-refractivity contribution < 1.29 is 17.7 Å². The van der Waals surface area contributed by atoms with E-state index in [4.69, 9.17) is 9.73 Å². The fourth-order valence-electron chi connectivity index (χ4n) is 4.35. The quantitative estimate of drug-likeness (QED) is 0.632. The molecule has 0 aliphatic carbocycles. The molecule has 0 aromatic heterocycles. The summed E-state index contributed by atoms with van der Waals surface area (Å²) in [5.41, 5.74) is 2.84. The van der Waals surface area contributed by atoms with Gasteiger partial charge in [-0.1, -0.05) is 31.2 Å². The van der Waals surface area contributed by atoms with Crippen LogP contribution in [0.15, 0.2) is 65.3 Å². The molecule has 0 radical (unpaired) electrons. The second-order valence-corrected chi connectivity index (χ2v) is 9.13. The highest BCUT2D eigenvalue weighted by Gasteiger charge is 2.38. The zero-order valence-corrected chi connectivity index (χ0v) is 18.5. The van der Waals surface area contributed by atoms with E-state index in [0.717, 1.165) is 30.0 Å². The Bertz CT molecular complexity index is 1070. The number of rotatable bonds is 7. The Hall–Kier alpha value is -2.84. The minimum Gasteiger partial charge on any atom is -0.453 e. The molecule has 0 spiro atoms. The summed E-state index contributed by atoms with van der Waals surface area (Å²) < 4.78 is 39.1. The summed E-state index contributed by atoms with van der Waals surface area (Å²) in [5, 5.41) is 0. The molecular formula is C23H27N3O4S. The van der Waals surface area contributed by atoms with Crippen LogP contribution in [0.5, 0.6) is 11.5 Å². The number of likely N-dealkylation sites (N-methyl/N-ethyl adjacent to an activating group) is 1. The van der Waals surface area contributed by atoms with Gasteiger partial charge in [0.1, 0.15) is 6.17 Å². The van der Waals surface area contributed by atoms with Gasteiger partial charge in [0.15, 0.2) is 11.5 Å². The number of aliphatic imine (C=N–C) groups is 1. The fourth-order valence-corrected chi connectivity index (χ4v) is 4.89. The van der Waals surface area contributed by atoms with Crippen LogP contribution in [-0.2, 0) is 10.1 Å². The van der Waals surface area contributed by atoms with Gasteiger partial charge in [0.2, 0.25) is 0 Å². The average molecular weight is 442 g/mol. The van der Waals surface area contributed by atoms with Crippen LogP contribution in [0.3, 0.4) is 0 Å². The van der Waals surface area contributed by atoms with Crippen molar-refractivity contribution in [1.82, 2.24) is 4.90 Å². The van der Waals surface area contributed by atoms with Gasteiger partial charge in [-0.25, -0.2) is 0 Å². The van der Waals surface area contributed by atoms with Crippen LogP contribution in [0, 0.1) is 0 Å². The normalized spacial score (nSPS) is 18.7. The van der Waals surface area contributed by atoms with Crippen LogP contribution >= 0.6 is 0 Å². The van der Waals surface area contributed by atoms with Crippen molar-refractivity contribution in [2.45, 2.75) is 38.9 Å². The van der Waals surface area contributed by atoms with E-state index >= 15 is 0 Å². The van der Waals surface area contributed by atoms with Crippen LogP contribution in [-0.4, -0.2) is 48.6 Å². The van der Waals surface area contributed by atoms with Gasteiger partial charge < -0.3 is 14.5 Å². The molecule has 164 valence electrons.